The van der Waals surface area contributed by atoms with Gasteiger partial charge < -0.3 is 9.30 Å². The van der Waals surface area contributed by atoms with Gasteiger partial charge in [-0.2, -0.15) is 0 Å². The Hall–Kier alpha value is -0.770. The first kappa shape index (κ1) is 14.6. The Bertz CT molecular complexity index is 578. The van der Waals surface area contributed by atoms with Crippen LogP contribution >= 0.6 is 23.2 Å². The third-order valence-corrected chi connectivity index (χ3v) is 3.46. The van der Waals surface area contributed by atoms with Gasteiger partial charge in [0.15, 0.2) is 0 Å². The van der Waals surface area contributed by atoms with Crippen LogP contribution in [0.3, 0.4) is 0 Å². The van der Waals surface area contributed by atoms with E-state index in [1.54, 1.807) is 0 Å². The number of nitrogens with zero attached hydrogens (tertiary/aromatic N) is 2. The maximum Gasteiger partial charge on any atom is 0.124 e. The molecule has 5 heteroatoms. The number of hydrogen-bond donors (Lipinski definition) is 0. The number of halogens is 2. The smallest absolute Gasteiger partial charge is 0.124 e. The number of hydrogen-bond acceptors (Lipinski definition) is 2. The van der Waals surface area contributed by atoms with Crippen molar-refractivity contribution in [1.82, 2.24) is 9.55 Å². The molecular formula is C14H18Cl2N2O. The van der Waals surface area contributed by atoms with E-state index in [1.807, 2.05) is 25.1 Å². The third-order valence-electron chi connectivity index (χ3n) is 2.98. The van der Waals surface area contributed by atoms with Crippen molar-refractivity contribution in [2.45, 2.75) is 38.8 Å². The van der Waals surface area contributed by atoms with Gasteiger partial charge in [-0.05, 0) is 39.0 Å². The van der Waals surface area contributed by atoms with E-state index in [0.717, 1.165) is 16.9 Å². The second-order valence-electron chi connectivity index (χ2n) is 5.07. The van der Waals surface area contributed by atoms with Crippen LogP contribution in [0.5, 0.6) is 0 Å². The molecule has 19 heavy (non-hydrogen) atoms. The number of fused-ring (bicyclic) bond motifs is 1. The average molecular weight is 301 g/mol. The number of rotatable bonds is 5. The highest BCUT2D eigenvalue weighted by Gasteiger charge is 2.22. The minimum absolute atomic E-state index is 0.261. The molecule has 1 aromatic heterocycles. The van der Waals surface area contributed by atoms with Gasteiger partial charge in [0.05, 0.1) is 29.1 Å². The molecule has 0 fully saturated rings. The molecule has 3 nitrogen and oxygen atoms in total. The van der Waals surface area contributed by atoms with Crippen LogP contribution in [0.15, 0.2) is 18.2 Å². The fourth-order valence-corrected chi connectivity index (χ4v) is 2.62. The molecule has 0 unspecified atom stereocenters. The summed E-state index contributed by atoms with van der Waals surface area (Å²) >= 11 is 12.0. The standard InChI is InChI=1S/C14H18Cl2N2O/c1-4-19-14(2,3)9-18-12-6-5-10(16)7-11(12)17-13(18)8-15/h5-7H,4,8-9H2,1-3H3. The van der Waals surface area contributed by atoms with Crippen molar-refractivity contribution in [3.05, 3.63) is 29.0 Å². The van der Waals surface area contributed by atoms with E-state index in [0.29, 0.717) is 24.1 Å². The predicted molar refractivity (Wildman–Crippen MR) is 80.0 cm³/mol. The molecule has 1 heterocycles. The molecule has 1 aromatic carbocycles. The predicted octanol–water partition coefficient (Wildman–Crippen LogP) is 4.24. The summed E-state index contributed by atoms with van der Waals surface area (Å²) in [5, 5.41) is 0.683. The molecule has 0 saturated carbocycles. The van der Waals surface area contributed by atoms with Crippen molar-refractivity contribution in [2.24, 2.45) is 0 Å². The monoisotopic (exact) mass is 300 g/mol. The van der Waals surface area contributed by atoms with Crippen molar-refractivity contribution < 1.29 is 4.74 Å². The van der Waals surface area contributed by atoms with E-state index in [9.17, 15) is 0 Å². The van der Waals surface area contributed by atoms with E-state index in [2.05, 4.69) is 23.4 Å². The van der Waals surface area contributed by atoms with Crippen molar-refractivity contribution in [3.8, 4) is 0 Å². The summed E-state index contributed by atoms with van der Waals surface area (Å²) in [6.45, 7) is 7.52. The fraction of sp³-hybridized carbons (Fsp3) is 0.500. The van der Waals surface area contributed by atoms with Gasteiger partial charge in [0.2, 0.25) is 0 Å². The van der Waals surface area contributed by atoms with Crippen LogP contribution in [0.2, 0.25) is 5.02 Å². The molecular weight excluding hydrogens is 283 g/mol. The molecule has 0 aliphatic rings. The van der Waals surface area contributed by atoms with Crippen LogP contribution in [0.25, 0.3) is 11.0 Å². The molecule has 0 spiro atoms. The Balaban J connectivity index is 2.46. The van der Waals surface area contributed by atoms with E-state index in [1.165, 1.54) is 0 Å². The molecule has 2 rings (SSSR count). The molecule has 0 bridgehead atoms. The second-order valence-corrected chi connectivity index (χ2v) is 5.78. The maximum absolute atomic E-state index is 6.00. The number of benzene rings is 1. The minimum Gasteiger partial charge on any atom is -0.374 e. The Morgan fingerprint density at radius 3 is 2.74 bits per heavy atom. The summed E-state index contributed by atoms with van der Waals surface area (Å²) < 4.78 is 7.86. The van der Waals surface area contributed by atoms with Crippen molar-refractivity contribution >= 4 is 34.2 Å². The molecule has 0 amide bonds. The minimum atomic E-state index is -0.261. The topological polar surface area (TPSA) is 27.1 Å². The van der Waals surface area contributed by atoms with Crippen LogP contribution < -0.4 is 0 Å². The van der Waals surface area contributed by atoms with Crippen LogP contribution in [0.4, 0.5) is 0 Å². The van der Waals surface area contributed by atoms with Crippen molar-refractivity contribution in [2.75, 3.05) is 6.61 Å². The highest BCUT2D eigenvalue weighted by molar-refractivity contribution is 6.31. The van der Waals surface area contributed by atoms with E-state index in [-0.39, 0.29) is 5.60 Å². The van der Waals surface area contributed by atoms with Gasteiger partial charge in [-0.15, -0.1) is 11.6 Å². The summed E-state index contributed by atoms with van der Waals surface area (Å²) in [4.78, 5) is 4.53. The molecule has 2 aromatic rings. The van der Waals surface area contributed by atoms with Gasteiger partial charge in [0, 0.05) is 11.6 Å². The van der Waals surface area contributed by atoms with Crippen LogP contribution in [0.1, 0.15) is 26.6 Å². The number of alkyl halides is 1. The van der Waals surface area contributed by atoms with Crippen molar-refractivity contribution in [1.29, 1.82) is 0 Å². The number of aromatic nitrogens is 2. The first-order valence-corrected chi connectivity index (χ1v) is 7.22. The largest absolute Gasteiger partial charge is 0.374 e. The SMILES string of the molecule is CCOC(C)(C)Cn1c(CCl)nc2cc(Cl)ccc21. The van der Waals surface area contributed by atoms with Crippen LogP contribution in [0, 0.1) is 0 Å². The molecule has 0 radical (unpaired) electrons. The van der Waals surface area contributed by atoms with Crippen molar-refractivity contribution in [3.63, 3.8) is 0 Å². The van der Waals surface area contributed by atoms with Gasteiger partial charge in [-0.25, -0.2) is 4.98 Å². The maximum atomic E-state index is 6.00. The molecule has 0 N–H and O–H groups in total. The second kappa shape index (κ2) is 5.70. The van der Waals surface area contributed by atoms with Crippen LogP contribution in [-0.2, 0) is 17.2 Å². The highest BCUT2D eigenvalue weighted by atomic mass is 35.5. The van der Waals surface area contributed by atoms with Gasteiger partial charge in [0.25, 0.3) is 0 Å². The first-order chi connectivity index (χ1) is 8.96. The summed E-state index contributed by atoms with van der Waals surface area (Å²) in [5.74, 6) is 1.21. The van der Waals surface area contributed by atoms with E-state index < -0.39 is 0 Å². The van der Waals surface area contributed by atoms with Gasteiger partial charge in [0.1, 0.15) is 5.82 Å². The molecule has 0 saturated heterocycles. The lowest BCUT2D eigenvalue weighted by molar-refractivity contribution is -0.0220. The van der Waals surface area contributed by atoms with Gasteiger partial charge in [-0.1, -0.05) is 11.6 Å². The molecule has 104 valence electrons. The zero-order chi connectivity index (χ0) is 14.0. The fourth-order valence-electron chi connectivity index (χ4n) is 2.25. The Morgan fingerprint density at radius 2 is 2.11 bits per heavy atom. The Labute approximate surface area is 123 Å². The van der Waals surface area contributed by atoms with Gasteiger partial charge in [-0.3, -0.25) is 0 Å². The number of imidazole rings is 1. The summed E-state index contributed by atoms with van der Waals surface area (Å²) in [5.41, 5.74) is 1.64. The lowest BCUT2D eigenvalue weighted by Gasteiger charge is -2.26. The molecule has 0 aliphatic heterocycles. The summed E-state index contributed by atoms with van der Waals surface area (Å²) in [6.07, 6.45) is 0. The molecule has 0 atom stereocenters. The van der Waals surface area contributed by atoms with E-state index >= 15 is 0 Å². The average Bonchev–Trinajstić information content (AvgIpc) is 2.65. The van der Waals surface area contributed by atoms with Gasteiger partial charge >= 0.3 is 0 Å². The summed E-state index contributed by atoms with van der Waals surface area (Å²) in [6, 6.07) is 5.70. The first-order valence-electron chi connectivity index (χ1n) is 6.31. The lowest BCUT2D eigenvalue weighted by atomic mass is 10.1. The lowest BCUT2D eigenvalue weighted by Crippen LogP contribution is -2.31. The normalized spacial score (nSPS) is 12.3. The number of ether oxygens (including phenoxy) is 1. The molecule has 0 aliphatic carbocycles. The third kappa shape index (κ3) is 3.22. The Kier molecular flexibility index (Phi) is 4.39. The quantitative estimate of drug-likeness (QED) is 0.772. The summed E-state index contributed by atoms with van der Waals surface area (Å²) in [7, 11) is 0. The zero-order valence-corrected chi connectivity index (χ0v) is 12.9. The van der Waals surface area contributed by atoms with Crippen LogP contribution in [-0.4, -0.2) is 21.8 Å². The highest BCUT2D eigenvalue weighted by Crippen LogP contribution is 2.24. The Morgan fingerprint density at radius 1 is 1.37 bits per heavy atom. The zero-order valence-electron chi connectivity index (χ0n) is 11.4. The van der Waals surface area contributed by atoms with E-state index in [4.69, 9.17) is 27.9 Å².